The van der Waals surface area contributed by atoms with Gasteiger partial charge in [-0.05, 0) is 73.5 Å². The lowest BCUT2D eigenvalue weighted by molar-refractivity contribution is 0.652. The number of aryl methyl sites for hydroxylation is 2. The molecule has 21 heavy (non-hydrogen) atoms. The lowest BCUT2D eigenvalue weighted by Gasteiger charge is -2.17. The van der Waals surface area contributed by atoms with E-state index in [1.54, 1.807) is 0 Å². The van der Waals surface area contributed by atoms with Gasteiger partial charge in [0.15, 0.2) is 0 Å². The van der Waals surface area contributed by atoms with Gasteiger partial charge >= 0.3 is 0 Å². The number of halogens is 1. The molecule has 110 valence electrons. The molecule has 1 atom stereocenters. The van der Waals surface area contributed by atoms with E-state index in [-0.39, 0.29) is 6.04 Å². The van der Waals surface area contributed by atoms with Crippen LogP contribution in [0.4, 0.5) is 0 Å². The topological polar surface area (TPSA) is 12.0 Å². The van der Waals surface area contributed by atoms with E-state index in [0.29, 0.717) is 0 Å². The predicted molar refractivity (Wildman–Crippen MR) is 91.0 cm³/mol. The minimum Gasteiger partial charge on any atom is -0.313 e. The second-order valence-corrected chi connectivity index (χ2v) is 6.34. The molecule has 0 spiro atoms. The van der Waals surface area contributed by atoms with Gasteiger partial charge in [-0.1, -0.05) is 41.9 Å². The zero-order chi connectivity index (χ0) is 14.8. The van der Waals surface area contributed by atoms with Crippen molar-refractivity contribution >= 4 is 11.6 Å². The van der Waals surface area contributed by atoms with Crippen molar-refractivity contribution in [1.82, 2.24) is 5.32 Å². The van der Waals surface area contributed by atoms with Gasteiger partial charge in [0, 0.05) is 11.1 Å². The SMILES string of the molecule is CNC(C)c1ccc(-c2ccc3c(c2)CCCC3)cc1Cl. The molecule has 0 radical (unpaired) electrons. The summed E-state index contributed by atoms with van der Waals surface area (Å²) in [6, 6.07) is 13.6. The molecule has 1 N–H and O–H groups in total. The Morgan fingerprint density at radius 2 is 1.62 bits per heavy atom. The summed E-state index contributed by atoms with van der Waals surface area (Å²) in [7, 11) is 1.96. The van der Waals surface area contributed by atoms with Crippen LogP contribution in [0.1, 0.15) is 42.5 Å². The van der Waals surface area contributed by atoms with Crippen molar-refractivity contribution in [2.45, 2.75) is 38.6 Å². The smallest absolute Gasteiger partial charge is 0.0459 e. The standard InChI is InChI=1S/C19H22ClN/c1-13(21-2)18-10-9-17(12-19(18)20)16-8-7-14-5-3-4-6-15(14)11-16/h7-13,21H,3-6H2,1-2H3. The molecule has 2 heteroatoms. The first-order valence-corrected chi connectivity index (χ1v) is 8.15. The van der Waals surface area contributed by atoms with Gasteiger partial charge < -0.3 is 5.32 Å². The highest BCUT2D eigenvalue weighted by Crippen LogP contribution is 2.31. The molecule has 2 aromatic carbocycles. The maximum absolute atomic E-state index is 6.46. The molecule has 0 aliphatic heterocycles. The first-order valence-electron chi connectivity index (χ1n) is 7.78. The van der Waals surface area contributed by atoms with Crippen molar-refractivity contribution in [3.05, 3.63) is 58.1 Å². The second kappa shape index (κ2) is 6.21. The zero-order valence-electron chi connectivity index (χ0n) is 12.7. The summed E-state index contributed by atoms with van der Waals surface area (Å²) >= 11 is 6.46. The molecule has 0 amide bonds. The van der Waals surface area contributed by atoms with Crippen LogP contribution in [0.25, 0.3) is 11.1 Å². The van der Waals surface area contributed by atoms with E-state index in [1.807, 2.05) is 7.05 Å². The number of hydrogen-bond donors (Lipinski definition) is 1. The summed E-state index contributed by atoms with van der Waals surface area (Å²) in [4.78, 5) is 0. The van der Waals surface area contributed by atoms with E-state index in [2.05, 4.69) is 48.6 Å². The van der Waals surface area contributed by atoms with E-state index in [1.165, 1.54) is 47.9 Å². The number of nitrogens with one attached hydrogen (secondary N) is 1. The maximum Gasteiger partial charge on any atom is 0.0459 e. The minimum absolute atomic E-state index is 0.273. The Morgan fingerprint density at radius 1 is 0.952 bits per heavy atom. The maximum atomic E-state index is 6.46. The average Bonchev–Trinajstić information content (AvgIpc) is 2.53. The van der Waals surface area contributed by atoms with Gasteiger partial charge in [-0.25, -0.2) is 0 Å². The van der Waals surface area contributed by atoms with E-state index in [0.717, 1.165) is 10.6 Å². The van der Waals surface area contributed by atoms with Crippen molar-refractivity contribution in [2.24, 2.45) is 0 Å². The Hall–Kier alpha value is -1.31. The van der Waals surface area contributed by atoms with Crippen molar-refractivity contribution in [2.75, 3.05) is 7.05 Å². The molecule has 2 aromatic rings. The normalized spacial score (nSPS) is 15.6. The Morgan fingerprint density at radius 3 is 2.33 bits per heavy atom. The molecule has 1 aliphatic carbocycles. The highest BCUT2D eigenvalue weighted by atomic mass is 35.5. The Balaban J connectivity index is 1.95. The molecule has 0 heterocycles. The van der Waals surface area contributed by atoms with Crippen LogP contribution in [-0.4, -0.2) is 7.05 Å². The minimum atomic E-state index is 0.273. The lowest BCUT2D eigenvalue weighted by atomic mass is 9.89. The van der Waals surface area contributed by atoms with Crippen LogP contribution in [0.15, 0.2) is 36.4 Å². The summed E-state index contributed by atoms with van der Waals surface area (Å²) in [6.07, 6.45) is 5.09. The Bertz CT molecular complexity index is 648. The van der Waals surface area contributed by atoms with Crippen molar-refractivity contribution in [3.8, 4) is 11.1 Å². The largest absolute Gasteiger partial charge is 0.313 e. The molecule has 0 fully saturated rings. The molecule has 3 rings (SSSR count). The predicted octanol–water partition coefficient (Wildman–Crippen LogP) is 5.17. The van der Waals surface area contributed by atoms with Gasteiger partial charge in [0.2, 0.25) is 0 Å². The summed E-state index contributed by atoms with van der Waals surface area (Å²) in [5.74, 6) is 0. The van der Waals surface area contributed by atoms with Gasteiger partial charge in [-0.2, -0.15) is 0 Å². The van der Waals surface area contributed by atoms with Crippen molar-refractivity contribution in [1.29, 1.82) is 0 Å². The average molecular weight is 300 g/mol. The van der Waals surface area contributed by atoms with Crippen LogP contribution < -0.4 is 5.32 Å². The monoisotopic (exact) mass is 299 g/mol. The second-order valence-electron chi connectivity index (χ2n) is 5.94. The van der Waals surface area contributed by atoms with Crippen molar-refractivity contribution < 1.29 is 0 Å². The number of rotatable bonds is 3. The summed E-state index contributed by atoms with van der Waals surface area (Å²) in [5, 5.41) is 4.08. The number of hydrogen-bond acceptors (Lipinski definition) is 1. The van der Waals surface area contributed by atoms with Crippen molar-refractivity contribution in [3.63, 3.8) is 0 Å². The third-order valence-electron chi connectivity index (χ3n) is 4.58. The first-order chi connectivity index (χ1) is 10.2. The molecule has 0 saturated carbocycles. The van der Waals surface area contributed by atoms with Gasteiger partial charge in [0.1, 0.15) is 0 Å². The lowest BCUT2D eigenvalue weighted by Crippen LogP contribution is -2.12. The van der Waals surface area contributed by atoms with Gasteiger partial charge in [-0.3, -0.25) is 0 Å². The van der Waals surface area contributed by atoms with Crippen LogP contribution in [0, 0.1) is 0 Å². The number of benzene rings is 2. The molecular weight excluding hydrogens is 278 g/mol. The highest BCUT2D eigenvalue weighted by Gasteiger charge is 2.12. The van der Waals surface area contributed by atoms with E-state index in [4.69, 9.17) is 11.6 Å². The van der Waals surface area contributed by atoms with E-state index < -0.39 is 0 Å². The molecule has 0 aromatic heterocycles. The van der Waals surface area contributed by atoms with Crippen LogP contribution >= 0.6 is 11.6 Å². The molecule has 1 unspecified atom stereocenters. The Labute approximate surface area is 132 Å². The third kappa shape index (κ3) is 3.00. The number of fused-ring (bicyclic) bond motifs is 1. The summed E-state index contributed by atoms with van der Waals surface area (Å²) in [5.41, 5.74) is 6.68. The molecular formula is C19H22ClN. The fourth-order valence-electron chi connectivity index (χ4n) is 3.13. The first kappa shape index (κ1) is 14.6. The van der Waals surface area contributed by atoms with Crippen LogP contribution in [0.5, 0.6) is 0 Å². The van der Waals surface area contributed by atoms with Crippen LogP contribution in [0.3, 0.4) is 0 Å². The van der Waals surface area contributed by atoms with Gasteiger partial charge in [0.25, 0.3) is 0 Å². The van der Waals surface area contributed by atoms with Crippen LogP contribution in [-0.2, 0) is 12.8 Å². The third-order valence-corrected chi connectivity index (χ3v) is 4.91. The zero-order valence-corrected chi connectivity index (χ0v) is 13.5. The summed E-state index contributed by atoms with van der Waals surface area (Å²) < 4.78 is 0. The molecule has 1 aliphatic rings. The quantitative estimate of drug-likeness (QED) is 0.825. The van der Waals surface area contributed by atoms with Gasteiger partial charge in [-0.15, -0.1) is 0 Å². The Kier molecular flexibility index (Phi) is 4.32. The fraction of sp³-hybridized carbons (Fsp3) is 0.368. The fourth-order valence-corrected chi connectivity index (χ4v) is 3.47. The van der Waals surface area contributed by atoms with E-state index >= 15 is 0 Å². The molecule has 0 saturated heterocycles. The highest BCUT2D eigenvalue weighted by molar-refractivity contribution is 6.31. The van der Waals surface area contributed by atoms with Crippen LogP contribution in [0.2, 0.25) is 5.02 Å². The molecule has 1 nitrogen and oxygen atoms in total. The van der Waals surface area contributed by atoms with Gasteiger partial charge in [0.05, 0.1) is 0 Å². The molecule has 0 bridgehead atoms. The summed E-state index contributed by atoms with van der Waals surface area (Å²) in [6.45, 7) is 2.12. The van der Waals surface area contributed by atoms with E-state index in [9.17, 15) is 0 Å².